The van der Waals surface area contributed by atoms with Gasteiger partial charge < -0.3 is 15.6 Å². The summed E-state index contributed by atoms with van der Waals surface area (Å²) in [4.78, 5) is 15.0. The molecular formula is C10H16N4O2. The molecular weight excluding hydrogens is 208 g/mol. The van der Waals surface area contributed by atoms with Gasteiger partial charge in [-0.1, -0.05) is 19.0 Å². The minimum absolute atomic E-state index is 0.0399. The van der Waals surface area contributed by atoms with E-state index in [4.69, 9.17) is 10.3 Å². The van der Waals surface area contributed by atoms with Crippen molar-refractivity contribution in [3.63, 3.8) is 0 Å². The monoisotopic (exact) mass is 224 g/mol. The molecule has 0 saturated carbocycles. The highest BCUT2D eigenvalue weighted by Crippen LogP contribution is 2.36. The number of carbonyl (C=O) groups excluding carboxylic acids is 1. The van der Waals surface area contributed by atoms with E-state index in [1.54, 1.807) is 0 Å². The number of hydrogen-bond donors (Lipinski definition) is 2. The summed E-state index contributed by atoms with van der Waals surface area (Å²) in [6, 6.07) is 0. The molecule has 6 nitrogen and oxygen atoms in total. The van der Waals surface area contributed by atoms with Crippen LogP contribution in [0, 0.1) is 5.92 Å². The third kappa shape index (κ3) is 1.59. The predicted octanol–water partition coefficient (Wildman–Crippen LogP) is 0.0556. The number of carbonyl (C=O) groups is 1. The second kappa shape index (κ2) is 3.86. The van der Waals surface area contributed by atoms with Gasteiger partial charge in [0.05, 0.1) is 5.41 Å². The van der Waals surface area contributed by atoms with E-state index in [0.717, 1.165) is 19.5 Å². The molecule has 0 radical (unpaired) electrons. The molecule has 6 heteroatoms. The molecule has 1 atom stereocenters. The van der Waals surface area contributed by atoms with Crippen LogP contribution < -0.4 is 11.1 Å². The molecule has 88 valence electrons. The summed E-state index contributed by atoms with van der Waals surface area (Å²) in [6.45, 7) is 5.94. The number of nitrogens with one attached hydrogen (secondary N) is 1. The number of primary amides is 1. The molecule has 1 aliphatic heterocycles. The van der Waals surface area contributed by atoms with Crippen LogP contribution in [-0.2, 0) is 5.41 Å². The van der Waals surface area contributed by atoms with Crippen molar-refractivity contribution in [2.45, 2.75) is 25.7 Å². The molecule has 0 aliphatic carbocycles. The van der Waals surface area contributed by atoms with Crippen LogP contribution in [0.4, 0.5) is 0 Å². The summed E-state index contributed by atoms with van der Waals surface area (Å²) in [7, 11) is 0. The van der Waals surface area contributed by atoms with Gasteiger partial charge in [-0.05, 0) is 18.9 Å². The van der Waals surface area contributed by atoms with Crippen LogP contribution in [0.3, 0.4) is 0 Å². The van der Waals surface area contributed by atoms with E-state index < -0.39 is 5.91 Å². The van der Waals surface area contributed by atoms with Crippen LogP contribution in [0.5, 0.6) is 0 Å². The van der Waals surface area contributed by atoms with E-state index in [0.29, 0.717) is 11.8 Å². The Morgan fingerprint density at radius 2 is 2.38 bits per heavy atom. The maximum absolute atomic E-state index is 10.9. The van der Waals surface area contributed by atoms with Gasteiger partial charge >= 0.3 is 0 Å². The zero-order valence-electron chi connectivity index (χ0n) is 9.49. The van der Waals surface area contributed by atoms with Gasteiger partial charge in [-0.2, -0.15) is 4.98 Å². The second-order valence-corrected chi connectivity index (χ2v) is 4.53. The Labute approximate surface area is 93.6 Å². The molecule has 0 bridgehead atoms. The van der Waals surface area contributed by atoms with Gasteiger partial charge in [-0.25, -0.2) is 0 Å². The average molecular weight is 224 g/mol. The molecule has 1 aliphatic rings. The van der Waals surface area contributed by atoms with Crippen molar-refractivity contribution in [1.29, 1.82) is 0 Å². The molecule has 1 amide bonds. The van der Waals surface area contributed by atoms with Crippen molar-refractivity contribution in [2.24, 2.45) is 11.7 Å². The smallest absolute Gasteiger partial charge is 0.290 e. The van der Waals surface area contributed by atoms with Gasteiger partial charge in [-0.15, -0.1) is 0 Å². The number of rotatable bonds is 3. The van der Waals surface area contributed by atoms with Gasteiger partial charge in [0.1, 0.15) is 0 Å². The van der Waals surface area contributed by atoms with Crippen molar-refractivity contribution in [2.75, 3.05) is 13.1 Å². The maximum atomic E-state index is 10.9. The molecule has 3 N–H and O–H groups in total. The lowest BCUT2D eigenvalue weighted by Gasteiger charge is -2.27. The van der Waals surface area contributed by atoms with Crippen molar-refractivity contribution in [3.05, 3.63) is 11.7 Å². The van der Waals surface area contributed by atoms with Gasteiger partial charge in [0, 0.05) is 6.54 Å². The Morgan fingerprint density at radius 1 is 1.62 bits per heavy atom. The van der Waals surface area contributed by atoms with Gasteiger partial charge in [-0.3, -0.25) is 4.79 Å². The quantitative estimate of drug-likeness (QED) is 0.756. The summed E-state index contributed by atoms with van der Waals surface area (Å²) >= 11 is 0. The van der Waals surface area contributed by atoms with Crippen molar-refractivity contribution in [1.82, 2.24) is 15.5 Å². The molecule has 2 heterocycles. The molecule has 0 aromatic carbocycles. The van der Waals surface area contributed by atoms with E-state index in [1.165, 1.54) is 0 Å². The van der Waals surface area contributed by atoms with Crippen LogP contribution >= 0.6 is 0 Å². The average Bonchev–Trinajstić information content (AvgIpc) is 2.87. The molecule has 1 fully saturated rings. The van der Waals surface area contributed by atoms with Gasteiger partial charge in [0.15, 0.2) is 0 Å². The highest BCUT2D eigenvalue weighted by molar-refractivity contribution is 5.88. The molecule has 2 rings (SSSR count). The van der Waals surface area contributed by atoms with Gasteiger partial charge in [0.2, 0.25) is 5.89 Å². The highest BCUT2D eigenvalue weighted by atomic mass is 16.5. The zero-order valence-corrected chi connectivity index (χ0v) is 9.49. The summed E-state index contributed by atoms with van der Waals surface area (Å²) in [6.07, 6.45) is 0.936. The van der Waals surface area contributed by atoms with Crippen LogP contribution in [0.15, 0.2) is 4.52 Å². The van der Waals surface area contributed by atoms with Crippen LogP contribution in [0.2, 0.25) is 0 Å². The summed E-state index contributed by atoms with van der Waals surface area (Å²) in [5, 5.41) is 6.89. The molecule has 1 saturated heterocycles. The van der Waals surface area contributed by atoms with Crippen LogP contribution in [-0.4, -0.2) is 29.1 Å². The Hall–Kier alpha value is -1.43. The number of nitrogens with two attached hydrogens (primary N) is 1. The third-order valence-corrected chi connectivity index (χ3v) is 3.37. The van der Waals surface area contributed by atoms with E-state index >= 15 is 0 Å². The molecule has 0 spiro atoms. The Bertz CT molecular complexity index is 393. The van der Waals surface area contributed by atoms with Crippen molar-refractivity contribution in [3.8, 4) is 0 Å². The first-order valence-corrected chi connectivity index (χ1v) is 5.41. The number of amides is 1. The minimum Gasteiger partial charge on any atom is -0.363 e. The standard InChI is InChI=1S/C10H16N4O2/c1-6(2)10(3-4-12-5-10)9-13-8(7(11)15)14-16-9/h6,12H,3-5H2,1-2H3,(H2,11,15). The molecule has 1 aromatic rings. The third-order valence-electron chi connectivity index (χ3n) is 3.37. The number of hydrogen-bond acceptors (Lipinski definition) is 5. The fourth-order valence-electron chi connectivity index (χ4n) is 2.16. The SMILES string of the molecule is CC(C)C1(c2nc(C(N)=O)no2)CCNC1. The van der Waals surface area contributed by atoms with Crippen molar-refractivity contribution < 1.29 is 9.32 Å². The normalized spacial score (nSPS) is 25.2. The topological polar surface area (TPSA) is 94.0 Å². The minimum atomic E-state index is -0.653. The highest BCUT2D eigenvalue weighted by Gasteiger charge is 2.43. The first-order valence-electron chi connectivity index (χ1n) is 5.41. The lowest BCUT2D eigenvalue weighted by atomic mass is 9.76. The maximum Gasteiger partial charge on any atom is 0.290 e. The van der Waals surface area contributed by atoms with Gasteiger partial charge in [0.25, 0.3) is 11.7 Å². The lowest BCUT2D eigenvalue weighted by Crippen LogP contribution is -2.35. The number of nitrogens with zero attached hydrogens (tertiary/aromatic N) is 2. The fraction of sp³-hybridized carbons (Fsp3) is 0.700. The Balaban J connectivity index is 2.36. The Kier molecular flexibility index (Phi) is 2.67. The first-order chi connectivity index (χ1) is 7.56. The Morgan fingerprint density at radius 3 is 2.81 bits per heavy atom. The van der Waals surface area contributed by atoms with E-state index in [1.807, 2.05) is 0 Å². The fourth-order valence-corrected chi connectivity index (χ4v) is 2.16. The van der Waals surface area contributed by atoms with Crippen molar-refractivity contribution >= 4 is 5.91 Å². The molecule has 1 unspecified atom stereocenters. The number of aromatic nitrogens is 2. The molecule has 16 heavy (non-hydrogen) atoms. The molecule has 1 aromatic heterocycles. The van der Waals surface area contributed by atoms with E-state index in [2.05, 4.69) is 29.3 Å². The zero-order chi connectivity index (χ0) is 11.8. The van der Waals surface area contributed by atoms with Crippen LogP contribution in [0.25, 0.3) is 0 Å². The lowest BCUT2D eigenvalue weighted by molar-refractivity contribution is 0.0987. The predicted molar refractivity (Wildman–Crippen MR) is 56.8 cm³/mol. The first kappa shape index (κ1) is 11.1. The van der Waals surface area contributed by atoms with Crippen LogP contribution in [0.1, 0.15) is 36.8 Å². The van der Waals surface area contributed by atoms with E-state index in [9.17, 15) is 4.79 Å². The largest absolute Gasteiger partial charge is 0.363 e. The summed E-state index contributed by atoms with van der Waals surface area (Å²) in [5.74, 6) is 0.187. The summed E-state index contributed by atoms with van der Waals surface area (Å²) in [5.41, 5.74) is 4.94. The summed E-state index contributed by atoms with van der Waals surface area (Å²) < 4.78 is 5.17. The van der Waals surface area contributed by atoms with E-state index in [-0.39, 0.29) is 11.2 Å². The second-order valence-electron chi connectivity index (χ2n) is 4.53.